The first-order valence-corrected chi connectivity index (χ1v) is 3.39. The van der Waals surface area contributed by atoms with E-state index in [0.29, 0.717) is 0 Å². The molecule has 0 spiro atoms. The Kier molecular flexibility index (Phi) is 1.16. The van der Waals surface area contributed by atoms with Crippen LogP contribution in [-0.4, -0.2) is 12.4 Å². The predicted octanol–water partition coefficient (Wildman–Crippen LogP) is 0.800. The monoisotopic (exact) mass is 130 g/mol. The van der Waals surface area contributed by atoms with E-state index in [1.165, 1.54) is 11.1 Å². The number of benzene rings is 1. The van der Waals surface area contributed by atoms with Crippen molar-refractivity contribution >= 4 is 12.4 Å². The third-order valence-corrected chi connectivity index (χ3v) is 1.69. The number of rotatable bonds is 0. The molecular formula is C9H8N+. The SMILES string of the molecule is C1=[N+]=Cc2ccccc2C1. The minimum atomic E-state index is 0.979. The van der Waals surface area contributed by atoms with E-state index >= 15 is 0 Å². The highest BCUT2D eigenvalue weighted by Gasteiger charge is 2.06. The largest absolute Gasteiger partial charge is 0.299 e. The van der Waals surface area contributed by atoms with Crippen LogP contribution in [0.3, 0.4) is 0 Å². The van der Waals surface area contributed by atoms with E-state index in [-0.39, 0.29) is 0 Å². The maximum absolute atomic E-state index is 4.07. The molecule has 0 atom stereocenters. The summed E-state index contributed by atoms with van der Waals surface area (Å²) in [7, 11) is 0. The van der Waals surface area contributed by atoms with Crippen LogP contribution >= 0.6 is 0 Å². The second-order valence-corrected chi connectivity index (χ2v) is 2.36. The number of hydrogen-bond donors (Lipinski definition) is 0. The Bertz CT molecular complexity index is 306. The molecule has 48 valence electrons. The van der Waals surface area contributed by atoms with Gasteiger partial charge in [0.1, 0.15) is 0 Å². The zero-order chi connectivity index (χ0) is 6.81. The van der Waals surface area contributed by atoms with Gasteiger partial charge in [0.05, 0.1) is 12.0 Å². The van der Waals surface area contributed by atoms with Crippen molar-refractivity contribution in [3.8, 4) is 0 Å². The average Bonchev–Trinajstić information content (AvgIpc) is 2.05. The number of nitrogens with zero attached hydrogens (tertiary/aromatic N) is 1. The van der Waals surface area contributed by atoms with Gasteiger partial charge in [0.25, 0.3) is 12.4 Å². The van der Waals surface area contributed by atoms with Gasteiger partial charge in [-0.2, -0.15) is 0 Å². The van der Waals surface area contributed by atoms with Crippen molar-refractivity contribution in [1.29, 1.82) is 0 Å². The highest BCUT2D eigenvalue weighted by Crippen LogP contribution is 2.06. The molecule has 0 amide bonds. The molecular weight excluding hydrogens is 122 g/mol. The van der Waals surface area contributed by atoms with Gasteiger partial charge in [0.2, 0.25) is 0 Å². The van der Waals surface area contributed by atoms with Crippen molar-refractivity contribution < 1.29 is 0 Å². The molecule has 0 aliphatic carbocycles. The zero-order valence-corrected chi connectivity index (χ0v) is 5.62. The third kappa shape index (κ3) is 0.772. The minimum absolute atomic E-state index is 0.979. The van der Waals surface area contributed by atoms with Crippen LogP contribution < -0.4 is 4.67 Å². The fourth-order valence-corrected chi connectivity index (χ4v) is 1.13. The van der Waals surface area contributed by atoms with E-state index in [2.05, 4.69) is 22.9 Å². The Morgan fingerprint density at radius 1 is 1.20 bits per heavy atom. The summed E-state index contributed by atoms with van der Waals surface area (Å²) < 4.78 is 4.07. The van der Waals surface area contributed by atoms with E-state index in [4.69, 9.17) is 0 Å². The zero-order valence-electron chi connectivity index (χ0n) is 5.62. The highest BCUT2D eigenvalue weighted by atomic mass is 14.5. The summed E-state index contributed by atoms with van der Waals surface area (Å²) in [5, 5.41) is 0. The molecule has 0 bridgehead atoms. The Hall–Kier alpha value is -1.33. The molecule has 1 aromatic carbocycles. The maximum atomic E-state index is 4.07. The first-order valence-electron chi connectivity index (χ1n) is 3.39. The van der Waals surface area contributed by atoms with E-state index < -0.39 is 0 Å². The minimum Gasteiger partial charge on any atom is -0.105 e. The summed E-state index contributed by atoms with van der Waals surface area (Å²) >= 11 is 0. The fourth-order valence-electron chi connectivity index (χ4n) is 1.13. The van der Waals surface area contributed by atoms with Crippen molar-refractivity contribution in [2.75, 3.05) is 0 Å². The molecule has 1 aromatic rings. The Balaban J connectivity index is 2.63. The van der Waals surface area contributed by atoms with E-state index in [0.717, 1.165) is 6.42 Å². The molecule has 10 heavy (non-hydrogen) atoms. The quantitative estimate of drug-likeness (QED) is 0.461. The lowest BCUT2D eigenvalue weighted by Crippen LogP contribution is -2.01. The Morgan fingerprint density at radius 3 is 3.00 bits per heavy atom. The number of hydrogen-bond acceptors (Lipinski definition) is 0. The van der Waals surface area contributed by atoms with Gasteiger partial charge in [0, 0.05) is 0 Å². The fraction of sp³-hybridized carbons (Fsp3) is 0.111. The topological polar surface area (TPSA) is 14.1 Å². The van der Waals surface area contributed by atoms with Crippen molar-refractivity contribution in [2.45, 2.75) is 6.42 Å². The van der Waals surface area contributed by atoms with Crippen LogP contribution in [0.1, 0.15) is 11.1 Å². The molecule has 0 fully saturated rings. The van der Waals surface area contributed by atoms with Crippen LogP contribution in [0.25, 0.3) is 0 Å². The molecule has 1 heteroatoms. The van der Waals surface area contributed by atoms with Gasteiger partial charge < -0.3 is 0 Å². The van der Waals surface area contributed by atoms with Gasteiger partial charge in [-0.15, -0.1) is 4.67 Å². The van der Waals surface area contributed by atoms with Crippen molar-refractivity contribution in [2.24, 2.45) is 0 Å². The summed E-state index contributed by atoms with van der Waals surface area (Å²) in [6.45, 7) is 0. The second kappa shape index (κ2) is 2.13. The normalized spacial score (nSPS) is 13.2. The van der Waals surface area contributed by atoms with Crippen LogP contribution in [-0.2, 0) is 6.42 Å². The lowest BCUT2D eigenvalue weighted by molar-refractivity contribution is 1.31. The molecule has 1 aliphatic heterocycles. The standard InChI is InChI=1S/C9H8N/c1-2-4-9-7-10-6-5-8(9)3-1/h1-4,6-7H,5H2/q+1. The Morgan fingerprint density at radius 2 is 2.10 bits per heavy atom. The molecule has 0 aromatic heterocycles. The van der Waals surface area contributed by atoms with Crippen LogP contribution in [0.4, 0.5) is 0 Å². The van der Waals surface area contributed by atoms with Gasteiger partial charge in [-0.1, -0.05) is 18.2 Å². The summed E-state index contributed by atoms with van der Waals surface area (Å²) in [4.78, 5) is 0. The molecule has 0 unspecified atom stereocenters. The molecule has 0 radical (unpaired) electrons. The first kappa shape index (κ1) is 5.45. The van der Waals surface area contributed by atoms with Gasteiger partial charge >= 0.3 is 0 Å². The van der Waals surface area contributed by atoms with Gasteiger partial charge in [-0.05, 0) is 11.6 Å². The Labute approximate surface area is 59.8 Å². The molecule has 1 heterocycles. The third-order valence-electron chi connectivity index (χ3n) is 1.69. The molecule has 2 rings (SSSR count). The number of fused-ring (bicyclic) bond motifs is 1. The molecule has 1 nitrogen and oxygen atoms in total. The van der Waals surface area contributed by atoms with Crippen LogP contribution in [0.2, 0.25) is 0 Å². The average molecular weight is 130 g/mol. The molecule has 0 saturated carbocycles. The van der Waals surface area contributed by atoms with E-state index in [1.807, 2.05) is 18.5 Å². The summed E-state index contributed by atoms with van der Waals surface area (Å²) in [5.74, 6) is 0. The predicted molar refractivity (Wildman–Crippen MR) is 43.5 cm³/mol. The lowest BCUT2D eigenvalue weighted by Gasteiger charge is -1.96. The van der Waals surface area contributed by atoms with E-state index in [1.54, 1.807) is 0 Å². The van der Waals surface area contributed by atoms with E-state index in [9.17, 15) is 0 Å². The second-order valence-electron chi connectivity index (χ2n) is 2.36. The van der Waals surface area contributed by atoms with Crippen LogP contribution in [0.15, 0.2) is 24.3 Å². The lowest BCUT2D eigenvalue weighted by atomic mass is 10.1. The van der Waals surface area contributed by atoms with Gasteiger partial charge in [0.15, 0.2) is 0 Å². The molecule has 0 N–H and O–H groups in total. The molecule has 0 saturated heterocycles. The summed E-state index contributed by atoms with van der Waals surface area (Å²) in [6, 6.07) is 8.32. The van der Waals surface area contributed by atoms with Gasteiger partial charge in [-0.3, -0.25) is 0 Å². The summed E-state index contributed by atoms with van der Waals surface area (Å²) in [6.07, 6.45) is 4.81. The maximum Gasteiger partial charge on any atom is 0.299 e. The summed E-state index contributed by atoms with van der Waals surface area (Å²) in [5.41, 5.74) is 2.63. The first-order chi connectivity index (χ1) is 4.97. The molecule has 1 aliphatic rings. The van der Waals surface area contributed by atoms with Gasteiger partial charge in [-0.25, -0.2) is 0 Å². The highest BCUT2D eigenvalue weighted by molar-refractivity contribution is 5.87. The van der Waals surface area contributed by atoms with Crippen LogP contribution in [0, 0.1) is 0 Å². The van der Waals surface area contributed by atoms with Crippen molar-refractivity contribution in [3.05, 3.63) is 35.4 Å². The smallest absolute Gasteiger partial charge is 0.105 e. The van der Waals surface area contributed by atoms with Crippen molar-refractivity contribution in [1.82, 2.24) is 4.67 Å². The van der Waals surface area contributed by atoms with Crippen molar-refractivity contribution in [3.63, 3.8) is 0 Å². The van der Waals surface area contributed by atoms with Crippen LogP contribution in [0.5, 0.6) is 0 Å².